The standard InChI is InChI=1S/C12H19BrN4O2S/c1-2-17-5-3-4-10(8-17)16-20(18,19)11-6-9(13)7-15-12(11)14/h6-7,10,16H,2-5,8H2,1H3,(H2,14,15). The van der Waals surface area contributed by atoms with E-state index in [1.807, 2.05) is 0 Å². The molecular formula is C12H19BrN4O2S. The van der Waals surface area contributed by atoms with Crippen molar-refractivity contribution >= 4 is 31.8 Å². The Labute approximate surface area is 127 Å². The molecule has 20 heavy (non-hydrogen) atoms. The lowest BCUT2D eigenvalue weighted by molar-refractivity contribution is 0.211. The summed E-state index contributed by atoms with van der Waals surface area (Å²) in [5, 5.41) is 0. The number of likely N-dealkylation sites (tertiary alicyclic amines) is 1. The first kappa shape index (κ1) is 15.7. The van der Waals surface area contributed by atoms with Gasteiger partial charge in [-0.1, -0.05) is 6.92 Å². The second-order valence-corrected chi connectivity index (χ2v) is 7.49. The molecule has 1 aromatic heterocycles. The minimum absolute atomic E-state index is 0.0175. The number of likely N-dealkylation sites (N-methyl/N-ethyl adjacent to an activating group) is 1. The third-order valence-electron chi connectivity index (χ3n) is 3.41. The van der Waals surface area contributed by atoms with Gasteiger partial charge in [0.2, 0.25) is 10.0 Å². The number of piperidine rings is 1. The van der Waals surface area contributed by atoms with E-state index < -0.39 is 10.0 Å². The van der Waals surface area contributed by atoms with Crippen LogP contribution in [0.15, 0.2) is 21.6 Å². The average Bonchev–Trinajstić information content (AvgIpc) is 2.41. The number of pyridine rings is 1. The molecule has 3 N–H and O–H groups in total. The molecule has 2 heterocycles. The number of aromatic nitrogens is 1. The first-order valence-electron chi connectivity index (χ1n) is 6.58. The largest absolute Gasteiger partial charge is 0.383 e. The van der Waals surface area contributed by atoms with Gasteiger partial charge in [0, 0.05) is 23.3 Å². The maximum Gasteiger partial charge on any atom is 0.244 e. The first-order chi connectivity index (χ1) is 9.42. The van der Waals surface area contributed by atoms with E-state index >= 15 is 0 Å². The quantitative estimate of drug-likeness (QED) is 0.839. The minimum Gasteiger partial charge on any atom is -0.383 e. The van der Waals surface area contributed by atoms with E-state index in [2.05, 4.69) is 37.5 Å². The van der Waals surface area contributed by atoms with E-state index in [1.54, 1.807) is 0 Å². The Kier molecular flexibility index (Phi) is 5.00. The summed E-state index contributed by atoms with van der Waals surface area (Å²) in [5.41, 5.74) is 5.67. The summed E-state index contributed by atoms with van der Waals surface area (Å²) in [6.07, 6.45) is 3.32. The van der Waals surface area contributed by atoms with Crippen LogP contribution in [0.1, 0.15) is 19.8 Å². The molecular weight excluding hydrogens is 344 g/mol. The Morgan fingerprint density at radius 3 is 3.05 bits per heavy atom. The fourth-order valence-electron chi connectivity index (χ4n) is 2.37. The van der Waals surface area contributed by atoms with E-state index in [0.717, 1.165) is 32.5 Å². The number of nitrogens with two attached hydrogens (primary N) is 1. The molecule has 8 heteroatoms. The molecule has 0 spiro atoms. The van der Waals surface area contributed by atoms with Gasteiger partial charge >= 0.3 is 0 Å². The fourth-order valence-corrected chi connectivity index (χ4v) is 4.22. The van der Waals surface area contributed by atoms with Gasteiger partial charge in [-0.2, -0.15) is 0 Å². The molecule has 0 aliphatic carbocycles. The number of sulfonamides is 1. The Hall–Kier alpha value is -0.700. The molecule has 0 aromatic carbocycles. The number of anilines is 1. The molecule has 0 radical (unpaired) electrons. The van der Waals surface area contributed by atoms with Crippen molar-refractivity contribution < 1.29 is 8.42 Å². The van der Waals surface area contributed by atoms with Crippen LogP contribution < -0.4 is 10.5 Å². The van der Waals surface area contributed by atoms with Crippen LogP contribution in [0.3, 0.4) is 0 Å². The first-order valence-corrected chi connectivity index (χ1v) is 8.85. The van der Waals surface area contributed by atoms with Crippen LogP contribution in [0.5, 0.6) is 0 Å². The average molecular weight is 363 g/mol. The number of halogens is 1. The monoisotopic (exact) mass is 362 g/mol. The molecule has 1 fully saturated rings. The lowest BCUT2D eigenvalue weighted by Crippen LogP contribution is -2.47. The van der Waals surface area contributed by atoms with Crippen LogP contribution in [0.25, 0.3) is 0 Å². The van der Waals surface area contributed by atoms with Crippen LogP contribution >= 0.6 is 15.9 Å². The Morgan fingerprint density at radius 2 is 2.35 bits per heavy atom. The summed E-state index contributed by atoms with van der Waals surface area (Å²) in [7, 11) is -3.64. The third-order valence-corrected chi connectivity index (χ3v) is 5.40. The summed E-state index contributed by atoms with van der Waals surface area (Å²) in [6, 6.07) is 1.40. The molecule has 0 saturated carbocycles. The molecule has 1 aliphatic heterocycles. The van der Waals surface area contributed by atoms with Gasteiger partial charge in [-0.25, -0.2) is 18.1 Å². The van der Waals surface area contributed by atoms with Gasteiger partial charge < -0.3 is 10.6 Å². The third kappa shape index (κ3) is 3.69. The molecule has 6 nitrogen and oxygen atoms in total. The Balaban J connectivity index is 2.16. The normalized spacial score (nSPS) is 21.0. The van der Waals surface area contributed by atoms with Gasteiger partial charge in [0.1, 0.15) is 10.7 Å². The van der Waals surface area contributed by atoms with Crippen molar-refractivity contribution in [1.29, 1.82) is 0 Å². The van der Waals surface area contributed by atoms with Gasteiger partial charge in [0.25, 0.3) is 0 Å². The van der Waals surface area contributed by atoms with Crippen LogP contribution in [0, 0.1) is 0 Å². The SMILES string of the molecule is CCN1CCCC(NS(=O)(=O)c2cc(Br)cnc2N)C1. The van der Waals surface area contributed by atoms with E-state index in [1.165, 1.54) is 12.3 Å². The van der Waals surface area contributed by atoms with Gasteiger partial charge in [0.05, 0.1) is 0 Å². The number of rotatable bonds is 4. The molecule has 2 rings (SSSR count). The maximum absolute atomic E-state index is 12.4. The van der Waals surface area contributed by atoms with Crippen molar-refractivity contribution in [1.82, 2.24) is 14.6 Å². The predicted molar refractivity (Wildman–Crippen MR) is 81.8 cm³/mol. The second kappa shape index (κ2) is 6.38. The topological polar surface area (TPSA) is 88.3 Å². The van der Waals surface area contributed by atoms with E-state index in [9.17, 15) is 8.42 Å². The molecule has 1 aliphatic rings. The second-order valence-electron chi connectivity index (χ2n) is 4.89. The van der Waals surface area contributed by atoms with Gasteiger partial charge in [-0.15, -0.1) is 0 Å². The molecule has 1 atom stereocenters. The highest BCUT2D eigenvalue weighted by molar-refractivity contribution is 9.10. The predicted octanol–water partition coefficient (Wildman–Crippen LogP) is 1.19. The Bertz CT molecular complexity index is 579. The van der Waals surface area contributed by atoms with Crippen molar-refractivity contribution in [2.45, 2.75) is 30.7 Å². The summed E-state index contributed by atoms with van der Waals surface area (Å²) in [6.45, 7) is 4.76. The van der Waals surface area contributed by atoms with Crippen molar-refractivity contribution in [3.63, 3.8) is 0 Å². The number of nitrogens with one attached hydrogen (secondary N) is 1. The van der Waals surface area contributed by atoms with Crippen LogP contribution in [-0.2, 0) is 10.0 Å². The van der Waals surface area contributed by atoms with Crippen molar-refractivity contribution in [2.75, 3.05) is 25.4 Å². The molecule has 0 amide bonds. The van der Waals surface area contributed by atoms with Crippen molar-refractivity contribution in [3.05, 3.63) is 16.7 Å². The zero-order valence-corrected chi connectivity index (χ0v) is 13.7. The highest BCUT2D eigenvalue weighted by atomic mass is 79.9. The molecule has 0 bridgehead atoms. The lowest BCUT2D eigenvalue weighted by Gasteiger charge is -2.32. The minimum atomic E-state index is -3.64. The number of nitrogen functional groups attached to an aromatic ring is 1. The van der Waals surface area contributed by atoms with Gasteiger partial charge in [0.15, 0.2) is 0 Å². The number of nitrogens with zero attached hydrogens (tertiary/aromatic N) is 2. The molecule has 1 unspecified atom stereocenters. The summed E-state index contributed by atoms with van der Waals surface area (Å²) in [5.74, 6) is 0.0175. The smallest absolute Gasteiger partial charge is 0.244 e. The van der Waals surface area contributed by atoms with Gasteiger partial charge in [-0.05, 0) is 47.9 Å². The van der Waals surface area contributed by atoms with Crippen LogP contribution in [-0.4, -0.2) is 44.0 Å². The van der Waals surface area contributed by atoms with Crippen molar-refractivity contribution in [2.24, 2.45) is 0 Å². The zero-order chi connectivity index (χ0) is 14.8. The van der Waals surface area contributed by atoms with Gasteiger partial charge in [-0.3, -0.25) is 0 Å². The van der Waals surface area contributed by atoms with E-state index in [0.29, 0.717) is 4.47 Å². The molecule has 1 aromatic rings. The Morgan fingerprint density at radius 1 is 1.60 bits per heavy atom. The summed E-state index contributed by atoms with van der Waals surface area (Å²) < 4.78 is 28.1. The summed E-state index contributed by atoms with van der Waals surface area (Å²) in [4.78, 5) is 6.13. The molecule has 112 valence electrons. The highest BCUT2D eigenvalue weighted by Gasteiger charge is 2.26. The lowest BCUT2D eigenvalue weighted by atomic mass is 10.1. The summed E-state index contributed by atoms with van der Waals surface area (Å²) >= 11 is 3.22. The maximum atomic E-state index is 12.4. The van der Waals surface area contributed by atoms with Crippen molar-refractivity contribution in [3.8, 4) is 0 Å². The van der Waals surface area contributed by atoms with Crippen LogP contribution in [0.4, 0.5) is 5.82 Å². The van der Waals surface area contributed by atoms with E-state index in [-0.39, 0.29) is 16.8 Å². The highest BCUT2D eigenvalue weighted by Crippen LogP contribution is 2.21. The fraction of sp³-hybridized carbons (Fsp3) is 0.583. The molecule has 1 saturated heterocycles. The number of hydrogen-bond donors (Lipinski definition) is 2. The number of hydrogen-bond acceptors (Lipinski definition) is 5. The van der Waals surface area contributed by atoms with E-state index in [4.69, 9.17) is 5.73 Å². The van der Waals surface area contributed by atoms with Crippen LogP contribution in [0.2, 0.25) is 0 Å². The zero-order valence-electron chi connectivity index (χ0n) is 11.3.